The normalized spacial score (nSPS) is 17.4. The van der Waals surface area contributed by atoms with Gasteiger partial charge in [0.25, 0.3) is 0 Å². The third-order valence-corrected chi connectivity index (χ3v) is 5.24. The van der Waals surface area contributed by atoms with Gasteiger partial charge in [0.05, 0.1) is 19.8 Å². The van der Waals surface area contributed by atoms with Gasteiger partial charge in [-0.3, -0.25) is 5.01 Å². The second kappa shape index (κ2) is 12.5. The lowest BCUT2D eigenvalue weighted by Crippen LogP contribution is -2.55. The van der Waals surface area contributed by atoms with E-state index in [4.69, 9.17) is 4.74 Å². The van der Waals surface area contributed by atoms with Crippen molar-refractivity contribution in [3.8, 4) is 0 Å². The van der Waals surface area contributed by atoms with Gasteiger partial charge in [0, 0.05) is 38.1 Å². The Morgan fingerprint density at radius 2 is 2.13 bits per heavy atom. The highest BCUT2D eigenvalue weighted by atomic mass is 19.1. The van der Waals surface area contributed by atoms with Crippen molar-refractivity contribution in [2.75, 3.05) is 39.9 Å². The number of hydrogen-bond acceptors (Lipinski definition) is 5. The molecule has 2 atom stereocenters. The van der Waals surface area contributed by atoms with Crippen molar-refractivity contribution in [2.45, 2.75) is 45.8 Å². The lowest BCUT2D eigenvalue weighted by Gasteiger charge is -2.40. The summed E-state index contributed by atoms with van der Waals surface area (Å²) in [6.07, 6.45) is 0.775. The van der Waals surface area contributed by atoms with Crippen LogP contribution in [0.4, 0.5) is 14.0 Å². The molecule has 1 heterocycles. The Hall–Kier alpha value is -2.39. The third-order valence-electron chi connectivity index (χ3n) is 5.24. The highest BCUT2D eigenvalue weighted by Crippen LogP contribution is 2.33. The van der Waals surface area contributed by atoms with Gasteiger partial charge >= 0.3 is 12.1 Å². The minimum absolute atomic E-state index is 0.00765. The first-order valence-corrected chi connectivity index (χ1v) is 10.9. The third kappa shape index (κ3) is 7.36. The molecule has 0 aromatic heterocycles. The number of carbonyl (C=O) groups excluding carboxylic acids is 2. The van der Waals surface area contributed by atoms with Crippen molar-refractivity contribution in [2.24, 2.45) is 5.92 Å². The van der Waals surface area contributed by atoms with Crippen LogP contribution in [0, 0.1) is 11.7 Å². The first-order valence-electron chi connectivity index (χ1n) is 10.9. The fourth-order valence-corrected chi connectivity index (χ4v) is 3.82. The lowest BCUT2D eigenvalue weighted by atomic mass is 9.88. The Balaban J connectivity index is 2.12. The zero-order valence-corrected chi connectivity index (χ0v) is 18.9. The van der Waals surface area contributed by atoms with Gasteiger partial charge in [-0.1, -0.05) is 19.1 Å². The highest BCUT2D eigenvalue weighted by molar-refractivity contribution is 5.74. The predicted octanol–water partition coefficient (Wildman–Crippen LogP) is 3.31. The van der Waals surface area contributed by atoms with Gasteiger partial charge in [-0.2, -0.15) is 0 Å². The van der Waals surface area contributed by atoms with Crippen LogP contribution in [-0.4, -0.2) is 68.0 Å². The fourth-order valence-electron chi connectivity index (χ4n) is 3.82. The van der Waals surface area contributed by atoms with Crippen molar-refractivity contribution in [3.63, 3.8) is 0 Å². The summed E-state index contributed by atoms with van der Waals surface area (Å²) < 4.78 is 24.6. The quantitative estimate of drug-likeness (QED) is 0.457. The molecule has 1 aromatic carbocycles. The summed E-state index contributed by atoms with van der Waals surface area (Å²) >= 11 is 0. The van der Waals surface area contributed by atoms with Crippen molar-refractivity contribution in [1.29, 1.82) is 0 Å². The first kappa shape index (κ1) is 24.9. The molecule has 8 nitrogen and oxygen atoms in total. The summed E-state index contributed by atoms with van der Waals surface area (Å²) in [5.41, 5.74) is 3.86. The highest BCUT2D eigenvalue weighted by Gasteiger charge is 2.33. The van der Waals surface area contributed by atoms with Gasteiger partial charge in [-0.05, 0) is 44.4 Å². The molecule has 174 valence electrons. The van der Waals surface area contributed by atoms with Gasteiger partial charge in [0.15, 0.2) is 0 Å². The molecule has 31 heavy (non-hydrogen) atoms. The van der Waals surface area contributed by atoms with Gasteiger partial charge in [0.2, 0.25) is 0 Å². The van der Waals surface area contributed by atoms with E-state index in [1.54, 1.807) is 11.1 Å². The topological polar surface area (TPSA) is 83.1 Å². The zero-order chi connectivity index (χ0) is 22.8. The van der Waals surface area contributed by atoms with E-state index in [1.807, 2.05) is 31.7 Å². The minimum Gasteiger partial charge on any atom is -0.453 e. The summed E-state index contributed by atoms with van der Waals surface area (Å²) in [6, 6.07) is 6.32. The Morgan fingerprint density at radius 1 is 1.35 bits per heavy atom. The second-order valence-corrected chi connectivity index (χ2v) is 7.87. The standard InChI is InChI=1S/C22H35FN4O4/c1-5-25-27(16(2)3)22(29)26-12-7-9-18(15-26)20(17-8-6-10-19(23)14-17)31-13-11-24-21(28)30-4/h6,8,10,14,16,18,20,25H,5,7,9,11-13,15H2,1-4H3,(H,24,28)/t18-,20+/m1/s1. The Labute approximate surface area is 184 Å². The van der Waals surface area contributed by atoms with Crippen LogP contribution in [0.3, 0.4) is 0 Å². The van der Waals surface area contributed by atoms with Crippen LogP contribution in [0.5, 0.6) is 0 Å². The molecule has 1 saturated heterocycles. The van der Waals surface area contributed by atoms with E-state index in [0.717, 1.165) is 18.4 Å². The Morgan fingerprint density at radius 3 is 2.77 bits per heavy atom. The predicted molar refractivity (Wildman–Crippen MR) is 116 cm³/mol. The Kier molecular flexibility index (Phi) is 10.00. The number of hydrogen-bond donors (Lipinski definition) is 2. The number of rotatable bonds is 9. The summed E-state index contributed by atoms with van der Waals surface area (Å²) in [5.74, 6) is -0.325. The molecular formula is C22H35FN4O4. The zero-order valence-electron chi connectivity index (χ0n) is 18.9. The molecule has 2 rings (SSSR count). The molecule has 1 fully saturated rings. The molecular weight excluding hydrogens is 403 g/mol. The number of benzene rings is 1. The van der Waals surface area contributed by atoms with Gasteiger partial charge in [0.1, 0.15) is 5.82 Å². The van der Waals surface area contributed by atoms with Gasteiger partial charge < -0.3 is 19.7 Å². The lowest BCUT2D eigenvalue weighted by molar-refractivity contribution is -0.0126. The maximum Gasteiger partial charge on any atom is 0.406 e. The number of likely N-dealkylation sites (tertiary alicyclic amines) is 1. The number of amides is 3. The molecule has 1 aliphatic heterocycles. The van der Waals surface area contributed by atoms with E-state index in [-0.39, 0.29) is 37.0 Å². The number of nitrogens with zero attached hydrogens (tertiary/aromatic N) is 2. The molecule has 0 spiro atoms. The maximum atomic E-state index is 13.9. The van der Waals surface area contributed by atoms with Crippen LogP contribution in [0.25, 0.3) is 0 Å². The average molecular weight is 439 g/mol. The number of nitrogens with one attached hydrogen (secondary N) is 2. The van der Waals surface area contributed by atoms with Gasteiger partial charge in [-0.25, -0.2) is 19.4 Å². The molecule has 0 radical (unpaired) electrons. The van der Waals surface area contributed by atoms with E-state index in [0.29, 0.717) is 19.6 Å². The summed E-state index contributed by atoms with van der Waals surface area (Å²) in [5, 5.41) is 4.24. The average Bonchev–Trinajstić information content (AvgIpc) is 2.76. The minimum atomic E-state index is -0.530. The van der Waals surface area contributed by atoms with E-state index >= 15 is 0 Å². The number of urea groups is 1. The van der Waals surface area contributed by atoms with Crippen molar-refractivity contribution in [1.82, 2.24) is 20.7 Å². The van der Waals surface area contributed by atoms with Crippen LogP contribution < -0.4 is 10.7 Å². The van der Waals surface area contributed by atoms with E-state index in [1.165, 1.54) is 19.2 Å². The van der Waals surface area contributed by atoms with Crippen molar-refractivity contribution < 1.29 is 23.5 Å². The summed E-state index contributed by atoms with van der Waals surface area (Å²) in [6.45, 7) is 8.25. The largest absolute Gasteiger partial charge is 0.453 e. The number of carbonyl (C=O) groups is 2. The summed E-state index contributed by atoms with van der Waals surface area (Å²) in [7, 11) is 1.30. The van der Waals surface area contributed by atoms with Crippen molar-refractivity contribution >= 4 is 12.1 Å². The smallest absolute Gasteiger partial charge is 0.406 e. The number of methoxy groups -OCH3 is 1. The second-order valence-electron chi connectivity index (χ2n) is 7.87. The Bertz CT molecular complexity index is 719. The fraction of sp³-hybridized carbons (Fsp3) is 0.636. The molecule has 9 heteroatoms. The maximum absolute atomic E-state index is 13.9. The van der Waals surface area contributed by atoms with Crippen LogP contribution >= 0.6 is 0 Å². The number of piperidine rings is 1. The van der Waals surface area contributed by atoms with Crippen LogP contribution in [0.2, 0.25) is 0 Å². The molecule has 1 aliphatic rings. The molecule has 1 aromatic rings. The van der Waals surface area contributed by atoms with E-state index in [2.05, 4.69) is 15.5 Å². The van der Waals surface area contributed by atoms with Crippen LogP contribution in [0.1, 0.15) is 45.3 Å². The first-order chi connectivity index (χ1) is 14.9. The monoisotopic (exact) mass is 438 g/mol. The molecule has 0 unspecified atom stereocenters. The SMILES string of the molecule is CCNN(C(=O)N1CCC[C@@H]([C@@H](OCCNC(=O)OC)c2cccc(F)c2)C1)C(C)C. The number of ether oxygens (including phenoxy) is 2. The molecule has 0 aliphatic carbocycles. The number of halogens is 1. The van der Waals surface area contributed by atoms with Crippen LogP contribution in [0.15, 0.2) is 24.3 Å². The number of alkyl carbamates (subject to hydrolysis) is 1. The molecule has 0 saturated carbocycles. The van der Waals surface area contributed by atoms with Crippen LogP contribution in [-0.2, 0) is 9.47 Å². The number of hydrazine groups is 1. The molecule has 0 bridgehead atoms. The summed E-state index contributed by atoms with van der Waals surface area (Å²) in [4.78, 5) is 26.2. The molecule has 3 amide bonds. The van der Waals surface area contributed by atoms with Crippen molar-refractivity contribution in [3.05, 3.63) is 35.6 Å². The molecule has 2 N–H and O–H groups in total. The van der Waals surface area contributed by atoms with E-state index in [9.17, 15) is 14.0 Å². The van der Waals surface area contributed by atoms with Gasteiger partial charge in [-0.15, -0.1) is 0 Å². The van der Waals surface area contributed by atoms with E-state index < -0.39 is 12.2 Å².